The van der Waals surface area contributed by atoms with Crippen LogP contribution in [0, 0.1) is 0 Å². The van der Waals surface area contributed by atoms with E-state index in [0.717, 1.165) is 30.1 Å². The fourth-order valence-electron chi connectivity index (χ4n) is 1.78. The van der Waals surface area contributed by atoms with Crippen molar-refractivity contribution in [2.24, 2.45) is 5.14 Å². The van der Waals surface area contributed by atoms with Crippen LogP contribution in [0.5, 0.6) is 0 Å². The zero-order chi connectivity index (χ0) is 13.2. The van der Waals surface area contributed by atoms with Crippen molar-refractivity contribution in [2.75, 3.05) is 18.1 Å². The molecule has 0 spiro atoms. The van der Waals surface area contributed by atoms with Crippen molar-refractivity contribution in [3.63, 3.8) is 0 Å². The van der Waals surface area contributed by atoms with Gasteiger partial charge in [-0.05, 0) is 31.0 Å². The number of ether oxygens (including phenoxy) is 1. The van der Waals surface area contributed by atoms with Gasteiger partial charge in [-0.1, -0.05) is 0 Å². The first-order valence-corrected chi connectivity index (χ1v) is 8.17. The van der Waals surface area contributed by atoms with Crippen LogP contribution in [0.2, 0.25) is 0 Å². The van der Waals surface area contributed by atoms with Crippen LogP contribution in [-0.2, 0) is 14.8 Å². The van der Waals surface area contributed by atoms with Gasteiger partial charge in [0.05, 0.1) is 11.0 Å². The summed E-state index contributed by atoms with van der Waals surface area (Å²) in [6.45, 7) is 0.803. The quantitative estimate of drug-likeness (QED) is 0.641. The Hall–Kier alpha value is -0.760. The van der Waals surface area contributed by atoms with E-state index >= 15 is 0 Å². The maximum absolute atomic E-state index is 11.3. The van der Waals surface area contributed by atoms with E-state index in [-0.39, 0.29) is 11.0 Å². The highest BCUT2D eigenvalue weighted by Gasteiger charge is 2.17. The number of sulfonamides is 1. The van der Waals surface area contributed by atoms with E-state index in [0.29, 0.717) is 5.69 Å². The Morgan fingerprint density at radius 3 is 2.83 bits per heavy atom. The third kappa shape index (κ3) is 3.38. The third-order valence-electron chi connectivity index (χ3n) is 2.76. The largest absolute Gasteiger partial charge is 0.398 e. The minimum Gasteiger partial charge on any atom is -0.398 e. The molecule has 1 unspecified atom stereocenters. The van der Waals surface area contributed by atoms with Gasteiger partial charge in [0.15, 0.2) is 0 Å². The van der Waals surface area contributed by atoms with Crippen molar-refractivity contribution in [3.05, 3.63) is 18.2 Å². The molecule has 18 heavy (non-hydrogen) atoms. The first-order valence-electron chi connectivity index (χ1n) is 5.63. The summed E-state index contributed by atoms with van der Waals surface area (Å²) in [7, 11) is -3.68. The Kier molecular flexibility index (Phi) is 4.16. The van der Waals surface area contributed by atoms with Gasteiger partial charge >= 0.3 is 0 Å². The Balaban J connectivity index is 2.11. The lowest BCUT2D eigenvalue weighted by Gasteiger charge is -2.11. The number of rotatable bonds is 4. The Labute approximate surface area is 111 Å². The van der Waals surface area contributed by atoms with E-state index in [1.807, 2.05) is 0 Å². The average molecular weight is 288 g/mol. The number of thioether (sulfide) groups is 1. The molecule has 5 nitrogen and oxygen atoms in total. The van der Waals surface area contributed by atoms with E-state index in [2.05, 4.69) is 0 Å². The number of anilines is 1. The fourth-order valence-corrected chi connectivity index (χ4v) is 3.46. The molecule has 2 rings (SSSR count). The first kappa shape index (κ1) is 13.7. The van der Waals surface area contributed by atoms with Crippen LogP contribution in [0.4, 0.5) is 5.69 Å². The highest BCUT2D eigenvalue weighted by Crippen LogP contribution is 2.30. The molecule has 1 fully saturated rings. The second-order valence-electron chi connectivity index (χ2n) is 4.19. The van der Waals surface area contributed by atoms with Crippen molar-refractivity contribution in [2.45, 2.75) is 28.7 Å². The number of nitrogen functional groups attached to an aromatic ring is 1. The molecule has 1 aromatic carbocycles. The SMILES string of the molecule is Nc1ccc(S(N)(=O)=O)cc1SCC1CCCO1. The van der Waals surface area contributed by atoms with Gasteiger partial charge in [-0.25, -0.2) is 13.6 Å². The zero-order valence-electron chi connectivity index (χ0n) is 9.83. The molecular formula is C11H16N2O3S2. The summed E-state index contributed by atoms with van der Waals surface area (Å²) in [4.78, 5) is 0.823. The molecule has 1 aliphatic heterocycles. The smallest absolute Gasteiger partial charge is 0.238 e. The molecule has 1 saturated heterocycles. The minimum atomic E-state index is -3.68. The lowest BCUT2D eigenvalue weighted by Crippen LogP contribution is -2.12. The van der Waals surface area contributed by atoms with Crippen molar-refractivity contribution in [3.8, 4) is 0 Å². The van der Waals surface area contributed by atoms with Gasteiger partial charge in [-0.3, -0.25) is 0 Å². The highest BCUT2D eigenvalue weighted by molar-refractivity contribution is 7.99. The highest BCUT2D eigenvalue weighted by atomic mass is 32.2. The van der Waals surface area contributed by atoms with Crippen LogP contribution in [0.3, 0.4) is 0 Å². The van der Waals surface area contributed by atoms with Gasteiger partial charge in [-0.2, -0.15) is 0 Å². The van der Waals surface area contributed by atoms with E-state index in [4.69, 9.17) is 15.6 Å². The van der Waals surface area contributed by atoms with Crippen molar-refractivity contribution in [1.29, 1.82) is 0 Å². The normalized spacial score (nSPS) is 20.2. The maximum Gasteiger partial charge on any atom is 0.238 e. The summed E-state index contributed by atoms with van der Waals surface area (Å²) in [5.41, 5.74) is 6.38. The van der Waals surface area contributed by atoms with E-state index in [1.165, 1.54) is 23.9 Å². The summed E-state index contributed by atoms with van der Waals surface area (Å²) in [6.07, 6.45) is 2.35. The fraction of sp³-hybridized carbons (Fsp3) is 0.455. The molecule has 1 heterocycles. The molecule has 1 atom stereocenters. The molecule has 7 heteroatoms. The molecular weight excluding hydrogens is 272 g/mol. The topological polar surface area (TPSA) is 95.4 Å². The lowest BCUT2D eigenvalue weighted by atomic mass is 10.3. The molecule has 4 N–H and O–H groups in total. The van der Waals surface area contributed by atoms with Crippen LogP contribution in [0.1, 0.15) is 12.8 Å². The first-order chi connectivity index (χ1) is 8.47. The molecule has 0 saturated carbocycles. The number of hydrogen-bond donors (Lipinski definition) is 2. The summed E-state index contributed by atoms with van der Waals surface area (Å²) >= 11 is 1.50. The Bertz CT molecular complexity index is 525. The van der Waals surface area contributed by atoms with Crippen LogP contribution < -0.4 is 10.9 Å². The minimum absolute atomic E-state index is 0.0894. The van der Waals surface area contributed by atoms with E-state index in [9.17, 15) is 8.42 Å². The van der Waals surface area contributed by atoms with Crippen LogP contribution in [0.15, 0.2) is 28.0 Å². The Morgan fingerprint density at radius 1 is 1.44 bits per heavy atom. The zero-order valence-corrected chi connectivity index (χ0v) is 11.5. The second kappa shape index (κ2) is 5.48. The van der Waals surface area contributed by atoms with Crippen LogP contribution in [0.25, 0.3) is 0 Å². The second-order valence-corrected chi connectivity index (χ2v) is 6.81. The van der Waals surface area contributed by atoms with E-state index in [1.54, 1.807) is 6.07 Å². The summed E-state index contributed by atoms with van der Waals surface area (Å²) in [5, 5.41) is 5.09. The van der Waals surface area contributed by atoms with Crippen LogP contribution in [-0.4, -0.2) is 26.9 Å². The number of nitrogens with two attached hydrogens (primary N) is 2. The standard InChI is InChI=1S/C11H16N2O3S2/c12-10-4-3-9(18(13,14)15)6-11(10)17-7-8-2-1-5-16-8/h3-4,6,8H,1-2,5,7,12H2,(H2,13,14,15). The molecule has 0 amide bonds. The predicted molar refractivity (Wildman–Crippen MR) is 71.9 cm³/mol. The van der Waals surface area contributed by atoms with E-state index < -0.39 is 10.0 Å². The van der Waals surface area contributed by atoms with Crippen molar-refractivity contribution in [1.82, 2.24) is 0 Å². The van der Waals surface area contributed by atoms with Crippen LogP contribution >= 0.6 is 11.8 Å². The predicted octanol–water partition coefficient (Wildman–Crippen LogP) is 1.19. The molecule has 1 aliphatic rings. The van der Waals surface area contributed by atoms with Crippen molar-refractivity contribution < 1.29 is 13.2 Å². The summed E-state index contributed by atoms with van der Waals surface area (Å²) in [5.74, 6) is 0.776. The molecule has 0 bridgehead atoms. The number of hydrogen-bond acceptors (Lipinski definition) is 5. The van der Waals surface area contributed by atoms with Gasteiger partial charge < -0.3 is 10.5 Å². The lowest BCUT2D eigenvalue weighted by molar-refractivity contribution is 0.129. The number of benzene rings is 1. The van der Waals surface area contributed by atoms with Gasteiger partial charge in [0.1, 0.15) is 0 Å². The van der Waals surface area contributed by atoms with Gasteiger partial charge in [0.2, 0.25) is 10.0 Å². The summed E-state index contributed by atoms with van der Waals surface area (Å²) in [6, 6.07) is 4.50. The molecule has 0 radical (unpaired) electrons. The molecule has 100 valence electrons. The summed E-state index contributed by atoms with van der Waals surface area (Å²) < 4.78 is 28.0. The average Bonchev–Trinajstić information content (AvgIpc) is 2.79. The van der Waals surface area contributed by atoms with Gasteiger partial charge in [-0.15, -0.1) is 11.8 Å². The van der Waals surface area contributed by atoms with Gasteiger partial charge in [0.25, 0.3) is 0 Å². The molecule has 0 aliphatic carbocycles. The number of primary sulfonamides is 1. The Morgan fingerprint density at radius 2 is 2.22 bits per heavy atom. The molecule has 0 aromatic heterocycles. The maximum atomic E-state index is 11.3. The van der Waals surface area contributed by atoms with Gasteiger partial charge in [0, 0.05) is 22.9 Å². The third-order valence-corrected chi connectivity index (χ3v) is 4.88. The molecule has 1 aromatic rings. The van der Waals surface area contributed by atoms with Crippen molar-refractivity contribution >= 4 is 27.5 Å². The monoisotopic (exact) mass is 288 g/mol.